The van der Waals surface area contributed by atoms with Crippen molar-refractivity contribution in [3.8, 4) is 11.5 Å². The average Bonchev–Trinajstić information content (AvgIpc) is 2.97. The highest BCUT2D eigenvalue weighted by molar-refractivity contribution is 5.47. The minimum Gasteiger partial charge on any atom is -0.486 e. The predicted octanol–water partition coefficient (Wildman–Crippen LogP) is 1.28. The Morgan fingerprint density at radius 1 is 1.21 bits per heavy atom. The molecule has 0 amide bonds. The summed E-state index contributed by atoms with van der Waals surface area (Å²) in [7, 11) is 0. The van der Waals surface area contributed by atoms with Crippen LogP contribution in [0.25, 0.3) is 0 Å². The van der Waals surface area contributed by atoms with Crippen molar-refractivity contribution in [2.24, 2.45) is 0 Å². The fourth-order valence-electron chi connectivity index (χ4n) is 1.72. The molecule has 1 aromatic rings. The number of hydrogen-bond acceptors (Lipinski definition) is 3. The van der Waals surface area contributed by atoms with E-state index in [0.29, 0.717) is 13.2 Å². The van der Waals surface area contributed by atoms with Crippen molar-refractivity contribution >= 4 is 0 Å². The van der Waals surface area contributed by atoms with E-state index in [1.807, 2.05) is 6.07 Å². The molecule has 1 fully saturated rings. The molecule has 3 heteroatoms. The number of rotatable bonds is 1. The molecule has 0 radical (unpaired) electrons. The monoisotopic (exact) mass is 191 g/mol. The zero-order chi connectivity index (χ0) is 9.60. The van der Waals surface area contributed by atoms with Crippen LogP contribution in [0.4, 0.5) is 0 Å². The van der Waals surface area contributed by atoms with Gasteiger partial charge in [0.1, 0.15) is 13.2 Å². The van der Waals surface area contributed by atoms with Crippen molar-refractivity contribution in [2.75, 3.05) is 19.8 Å². The van der Waals surface area contributed by atoms with Crippen molar-refractivity contribution in [3.05, 3.63) is 23.8 Å². The van der Waals surface area contributed by atoms with E-state index in [1.54, 1.807) is 0 Å². The molecule has 0 bridgehead atoms. The molecule has 2 heterocycles. The number of hydrogen-bond donors (Lipinski definition) is 1. The highest BCUT2D eigenvalue weighted by atomic mass is 16.6. The molecule has 2 aliphatic heterocycles. The number of nitrogens with one attached hydrogen (secondary N) is 1. The molecule has 14 heavy (non-hydrogen) atoms. The molecular weight excluding hydrogens is 178 g/mol. The Morgan fingerprint density at radius 3 is 2.64 bits per heavy atom. The minimum absolute atomic E-state index is 0.163. The topological polar surface area (TPSA) is 40.4 Å². The van der Waals surface area contributed by atoms with E-state index in [-0.39, 0.29) is 5.54 Å². The molecule has 2 aliphatic rings. The lowest BCUT2D eigenvalue weighted by molar-refractivity contribution is 0.171. The molecule has 74 valence electrons. The molecular formula is C11H13NO2. The Bertz CT molecular complexity index is 372. The quantitative estimate of drug-likeness (QED) is 0.680. The molecule has 0 aliphatic carbocycles. The summed E-state index contributed by atoms with van der Waals surface area (Å²) >= 11 is 0. The third kappa shape index (κ3) is 1.16. The molecule has 1 aromatic carbocycles. The fraction of sp³-hybridized carbons (Fsp3) is 0.455. The van der Waals surface area contributed by atoms with Crippen molar-refractivity contribution in [1.82, 2.24) is 5.32 Å². The first-order valence-corrected chi connectivity index (χ1v) is 4.93. The summed E-state index contributed by atoms with van der Waals surface area (Å²) in [4.78, 5) is 0. The molecule has 0 aromatic heterocycles. The third-order valence-electron chi connectivity index (χ3n) is 2.89. The second-order valence-corrected chi connectivity index (χ2v) is 4.04. The van der Waals surface area contributed by atoms with E-state index in [9.17, 15) is 0 Å². The van der Waals surface area contributed by atoms with Crippen LogP contribution in [-0.4, -0.2) is 19.8 Å². The van der Waals surface area contributed by atoms with Gasteiger partial charge in [0.2, 0.25) is 0 Å². The summed E-state index contributed by atoms with van der Waals surface area (Å²) in [6, 6.07) is 6.18. The Balaban J connectivity index is 2.01. The van der Waals surface area contributed by atoms with Crippen LogP contribution in [0.2, 0.25) is 0 Å². The normalized spacial score (nSPS) is 28.6. The van der Waals surface area contributed by atoms with Gasteiger partial charge in [-0.15, -0.1) is 0 Å². The van der Waals surface area contributed by atoms with Gasteiger partial charge >= 0.3 is 0 Å². The average molecular weight is 191 g/mol. The largest absolute Gasteiger partial charge is 0.486 e. The standard InChI is InChI=1S/C11H13NO2/c1-11(7-12-11)8-2-3-9-10(6-8)14-5-4-13-9/h2-3,6,12H,4-5,7H2,1H3. The molecule has 1 N–H and O–H groups in total. The molecule has 3 nitrogen and oxygen atoms in total. The van der Waals surface area contributed by atoms with Crippen LogP contribution in [0.15, 0.2) is 18.2 Å². The summed E-state index contributed by atoms with van der Waals surface area (Å²) in [5.41, 5.74) is 1.44. The molecule has 1 unspecified atom stereocenters. The molecule has 3 rings (SSSR count). The van der Waals surface area contributed by atoms with Gasteiger partial charge in [-0.3, -0.25) is 0 Å². The molecule has 0 spiro atoms. The summed E-state index contributed by atoms with van der Waals surface area (Å²) < 4.78 is 11.0. The molecule has 0 saturated carbocycles. The zero-order valence-corrected chi connectivity index (χ0v) is 8.17. The van der Waals surface area contributed by atoms with Gasteiger partial charge < -0.3 is 14.8 Å². The van der Waals surface area contributed by atoms with E-state index in [0.717, 1.165) is 18.0 Å². The number of ether oxygens (including phenoxy) is 2. The van der Waals surface area contributed by atoms with E-state index >= 15 is 0 Å². The van der Waals surface area contributed by atoms with Gasteiger partial charge in [0, 0.05) is 6.54 Å². The van der Waals surface area contributed by atoms with Gasteiger partial charge in [0.15, 0.2) is 11.5 Å². The molecule has 1 saturated heterocycles. The van der Waals surface area contributed by atoms with Crippen LogP contribution in [-0.2, 0) is 5.54 Å². The van der Waals surface area contributed by atoms with Gasteiger partial charge in [-0.1, -0.05) is 6.07 Å². The van der Waals surface area contributed by atoms with E-state index < -0.39 is 0 Å². The van der Waals surface area contributed by atoms with Crippen molar-refractivity contribution in [2.45, 2.75) is 12.5 Å². The van der Waals surface area contributed by atoms with Crippen LogP contribution in [0, 0.1) is 0 Å². The van der Waals surface area contributed by atoms with Gasteiger partial charge in [0.05, 0.1) is 5.54 Å². The van der Waals surface area contributed by atoms with Crippen LogP contribution in [0.3, 0.4) is 0 Å². The Morgan fingerprint density at radius 2 is 1.93 bits per heavy atom. The van der Waals surface area contributed by atoms with Gasteiger partial charge in [-0.25, -0.2) is 0 Å². The van der Waals surface area contributed by atoms with Crippen LogP contribution in [0.1, 0.15) is 12.5 Å². The lowest BCUT2D eigenvalue weighted by Gasteiger charge is -2.19. The molecule has 1 atom stereocenters. The van der Waals surface area contributed by atoms with Gasteiger partial charge in [-0.2, -0.15) is 0 Å². The van der Waals surface area contributed by atoms with E-state index in [1.165, 1.54) is 5.56 Å². The van der Waals surface area contributed by atoms with E-state index in [4.69, 9.17) is 9.47 Å². The fourth-order valence-corrected chi connectivity index (χ4v) is 1.72. The van der Waals surface area contributed by atoms with Crippen molar-refractivity contribution in [1.29, 1.82) is 0 Å². The smallest absolute Gasteiger partial charge is 0.161 e. The summed E-state index contributed by atoms with van der Waals surface area (Å²) in [5, 5.41) is 3.34. The van der Waals surface area contributed by atoms with Crippen LogP contribution in [0.5, 0.6) is 11.5 Å². The summed E-state index contributed by atoms with van der Waals surface area (Å²) in [6.45, 7) is 4.55. The Labute approximate surface area is 83.0 Å². The Kier molecular flexibility index (Phi) is 1.53. The van der Waals surface area contributed by atoms with Crippen molar-refractivity contribution in [3.63, 3.8) is 0 Å². The summed E-state index contributed by atoms with van der Waals surface area (Å²) in [6.07, 6.45) is 0. The second kappa shape index (κ2) is 2.64. The van der Waals surface area contributed by atoms with E-state index in [2.05, 4.69) is 24.4 Å². The summed E-state index contributed by atoms with van der Waals surface area (Å²) in [5.74, 6) is 1.74. The second-order valence-electron chi connectivity index (χ2n) is 4.04. The number of benzene rings is 1. The third-order valence-corrected chi connectivity index (χ3v) is 2.89. The van der Waals surface area contributed by atoms with Crippen LogP contribution < -0.4 is 14.8 Å². The zero-order valence-electron chi connectivity index (χ0n) is 8.17. The number of fused-ring (bicyclic) bond motifs is 1. The first-order valence-electron chi connectivity index (χ1n) is 4.93. The first-order chi connectivity index (χ1) is 6.78. The lowest BCUT2D eigenvalue weighted by Crippen LogP contribution is -2.16. The highest BCUT2D eigenvalue weighted by Crippen LogP contribution is 2.37. The first kappa shape index (κ1) is 8.12. The maximum atomic E-state index is 5.53. The van der Waals surface area contributed by atoms with Gasteiger partial charge in [-0.05, 0) is 24.6 Å². The Hall–Kier alpha value is -1.22. The van der Waals surface area contributed by atoms with Crippen molar-refractivity contribution < 1.29 is 9.47 Å². The van der Waals surface area contributed by atoms with Crippen LogP contribution >= 0.6 is 0 Å². The maximum absolute atomic E-state index is 5.53. The SMILES string of the molecule is CC1(c2ccc3c(c2)OCCO3)CN1. The predicted molar refractivity (Wildman–Crippen MR) is 52.8 cm³/mol. The minimum atomic E-state index is 0.163. The lowest BCUT2D eigenvalue weighted by atomic mass is 10.0. The van der Waals surface area contributed by atoms with Gasteiger partial charge in [0.25, 0.3) is 0 Å². The maximum Gasteiger partial charge on any atom is 0.161 e. The highest BCUT2D eigenvalue weighted by Gasteiger charge is 2.38.